The summed E-state index contributed by atoms with van der Waals surface area (Å²) in [6.07, 6.45) is 0.870. The molecule has 3 rings (SSSR count). The predicted octanol–water partition coefficient (Wildman–Crippen LogP) is 2.93. The van der Waals surface area contributed by atoms with Crippen molar-refractivity contribution in [3.63, 3.8) is 0 Å². The van der Waals surface area contributed by atoms with E-state index in [2.05, 4.69) is 15.5 Å². The number of para-hydroxylation sites is 1. The van der Waals surface area contributed by atoms with Gasteiger partial charge in [0.1, 0.15) is 0 Å². The average Bonchev–Trinajstić information content (AvgIpc) is 3.09. The fraction of sp³-hybridized carbons (Fsp3) is 0.200. The molecule has 0 atom stereocenters. The maximum Gasteiger partial charge on any atom is 0.361 e. The molecule has 0 radical (unpaired) electrons. The Morgan fingerprint density at radius 3 is 2.59 bits per heavy atom. The molecule has 7 nitrogen and oxygen atoms in total. The van der Waals surface area contributed by atoms with E-state index in [1.54, 1.807) is 13.0 Å². The summed E-state index contributed by atoms with van der Waals surface area (Å²) in [7, 11) is 0. The van der Waals surface area contributed by atoms with Crippen molar-refractivity contribution in [1.29, 1.82) is 0 Å². The van der Waals surface area contributed by atoms with Crippen molar-refractivity contribution in [2.45, 2.75) is 20.3 Å². The van der Waals surface area contributed by atoms with Gasteiger partial charge >= 0.3 is 5.97 Å². The van der Waals surface area contributed by atoms with Crippen LogP contribution in [0.3, 0.4) is 0 Å². The number of rotatable bonds is 6. The van der Waals surface area contributed by atoms with E-state index in [0.717, 1.165) is 17.7 Å². The summed E-state index contributed by atoms with van der Waals surface area (Å²) in [6.45, 7) is 3.31. The quantitative estimate of drug-likeness (QED) is 0.680. The number of nitrogens with zero attached hydrogens (tertiary/aromatic N) is 3. The lowest BCUT2D eigenvalue weighted by molar-refractivity contribution is -0.119. The van der Waals surface area contributed by atoms with Gasteiger partial charge in [-0.05, 0) is 43.2 Å². The van der Waals surface area contributed by atoms with E-state index in [-0.39, 0.29) is 5.69 Å². The van der Waals surface area contributed by atoms with E-state index in [4.69, 9.17) is 4.74 Å². The van der Waals surface area contributed by atoms with Gasteiger partial charge in [0.15, 0.2) is 12.3 Å². The zero-order valence-electron chi connectivity index (χ0n) is 15.2. The standard InChI is InChI=1S/C20H20N4O3/c1-3-15-8-7-9-16(12-15)21-18(25)13-27-20(26)19-14(2)22-24(23-19)17-10-5-4-6-11-17/h4-12H,3,13H2,1-2H3,(H,21,25). The molecule has 2 aromatic carbocycles. The fourth-order valence-electron chi connectivity index (χ4n) is 2.51. The number of esters is 1. The molecular weight excluding hydrogens is 344 g/mol. The number of aromatic nitrogens is 3. The number of hydrogen-bond acceptors (Lipinski definition) is 5. The third-order valence-electron chi connectivity index (χ3n) is 3.92. The smallest absolute Gasteiger partial charge is 0.361 e. The van der Waals surface area contributed by atoms with Gasteiger partial charge in [0.25, 0.3) is 5.91 Å². The average molecular weight is 364 g/mol. The molecule has 0 bridgehead atoms. The molecule has 1 N–H and O–H groups in total. The highest BCUT2D eigenvalue weighted by atomic mass is 16.5. The molecule has 0 saturated heterocycles. The molecule has 0 spiro atoms. The second kappa shape index (κ2) is 8.27. The molecule has 1 amide bonds. The van der Waals surface area contributed by atoms with Crippen LogP contribution in [0.5, 0.6) is 0 Å². The highest BCUT2D eigenvalue weighted by Gasteiger charge is 2.19. The highest BCUT2D eigenvalue weighted by Crippen LogP contribution is 2.12. The van der Waals surface area contributed by atoms with Crippen LogP contribution in [0.1, 0.15) is 28.7 Å². The lowest BCUT2D eigenvalue weighted by Crippen LogP contribution is -2.21. The Bertz CT molecular complexity index is 951. The molecule has 138 valence electrons. The molecule has 0 fully saturated rings. The first-order valence-electron chi connectivity index (χ1n) is 8.62. The van der Waals surface area contributed by atoms with Crippen LogP contribution in [0, 0.1) is 6.92 Å². The third kappa shape index (κ3) is 4.58. The molecule has 7 heteroatoms. The molecule has 27 heavy (non-hydrogen) atoms. The van der Waals surface area contributed by atoms with Gasteiger partial charge in [-0.25, -0.2) is 4.79 Å². The van der Waals surface area contributed by atoms with Crippen molar-refractivity contribution in [2.75, 3.05) is 11.9 Å². The van der Waals surface area contributed by atoms with Gasteiger partial charge in [0.05, 0.1) is 11.4 Å². The number of hydrogen-bond donors (Lipinski definition) is 1. The lowest BCUT2D eigenvalue weighted by Gasteiger charge is -2.07. The van der Waals surface area contributed by atoms with Crippen molar-refractivity contribution >= 4 is 17.6 Å². The van der Waals surface area contributed by atoms with Crippen LogP contribution < -0.4 is 5.32 Å². The predicted molar refractivity (Wildman–Crippen MR) is 101 cm³/mol. The summed E-state index contributed by atoms with van der Waals surface area (Å²) in [5.41, 5.74) is 3.02. The van der Waals surface area contributed by atoms with Crippen molar-refractivity contribution in [1.82, 2.24) is 15.0 Å². The van der Waals surface area contributed by atoms with Gasteiger partial charge in [-0.2, -0.15) is 9.90 Å². The first kappa shape index (κ1) is 18.3. The van der Waals surface area contributed by atoms with E-state index in [1.165, 1.54) is 4.80 Å². The van der Waals surface area contributed by atoms with Gasteiger partial charge in [0, 0.05) is 5.69 Å². The lowest BCUT2D eigenvalue weighted by atomic mass is 10.1. The summed E-state index contributed by atoms with van der Waals surface area (Å²) in [6, 6.07) is 16.8. The number of nitrogens with one attached hydrogen (secondary N) is 1. The van der Waals surface area contributed by atoms with Crippen LogP contribution in [0.15, 0.2) is 54.6 Å². The Morgan fingerprint density at radius 2 is 1.85 bits per heavy atom. The van der Waals surface area contributed by atoms with Crippen molar-refractivity contribution < 1.29 is 14.3 Å². The molecule has 1 aromatic heterocycles. The van der Waals surface area contributed by atoms with E-state index in [9.17, 15) is 9.59 Å². The van der Waals surface area contributed by atoms with Crippen molar-refractivity contribution in [2.24, 2.45) is 0 Å². The SMILES string of the molecule is CCc1cccc(NC(=O)COC(=O)c2nn(-c3ccccc3)nc2C)c1. The van der Waals surface area contributed by atoms with Gasteiger partial charge < -0.3 is 10.1 Å². The molecule has 1 heterocycles. The van der Waals surface area contributed by atoms with Gasteiger partial charge in [-0.15, -0.1) is 5.10 Å². The van der Waals surface area contributed by atoms with Crippen LogP contribution >= 0.6 is 0 Å². The van der Waals surface area contributed by atoms with E-state index >= 15 is 0 Å². The van der Waals surface area contributed by atoms with Crippen molar-refractivity contribution in [3.8, 4) is 5.69 Å². The number of carbonyl (C=O) groups excluding carboxylic acids is 2. The van der Waals surface area contributed by atoms with Crippen LogP contribution in [-0.4, -0.2) is 33.5 Å². The normalized spacial score (nSPS) is 10.4. The summed E-state index contributed by atoms with van der Waals surface area (Å²) >= 11 is 0. The van der Waals surface area contributed by atoms with Crippen LogP contribution in [0.4, 0.5) is 5.69 Å². The summed E-state index contributed by atoms with van der Waals surface area (Å²) in [5.74, 6) is -1.10. The molecule has 0 aliphatic heterocycles. The van der Waals surface area contributed by atoms with E-state index in [0.29, 0.717) is 11.4 Å². The number of amides is 1. The zero-order chi connectivity index (χ0) is 19.2. The number of ether oxygens (including phenoxy) is 1. The maximum absolute atomic E-state index is 12.2. The highest BCUT2D eigenvalue weighted by molar-refractivity contribution is 5.95. The summed E-state index contributed by atoms with van der Waals surface area (Å²) in [5, 5.41) is 11.1. The molecule has 0 unspecified atom stereocenters. The van der Waals surface area contributed by atoms with E-state index < -0.39 is 18.5 Å². The Labute approximate surface area is 157 Å². The monoisotopic (exact) mass is 364 g/mol. The molecular formula is C20H20N4O3. The third-order valence-corrected chi connectivity index (χ3v) is 3.92. The fourth-order valence-corrected chi connectivity index (χ4v) is 2.51. The Hall–Kier alpha value is -3.48. The van der Waals surface area contributed by atoms with Gasteiger partial charge in [-0.1, -0.05) is 37.3 Å². The van der Waals surface area contributed by atoms with E-state index in [1.807, 2.05) is 55.5 Å². The number of benzene rings is 2. The summed E-state index contributed by atoms with van der Waals surface area (Å²) < 4.78 is 5.08. The molecule has 0 aliphatic carbocycles. The minimum Gasteiger partial charge on any atom is -0.451 e. The maximum atomic E-state index is 12.2. The van der Waals surface area contributed by atoms with Gasteiger partial charge in [0.2, 0.25) is 0 Å². The first-order valence-corrected chi connectivity index (χ1v) is 8.62. The summed E-state index contributed by atoms with van der Waals surface area (Å²) in [4.78, 5) is 25.6. The second-order valence-corrected chi connectivity index (χ2v) is 5.94. The second-order valence-electron chi connectivity index (χ2n) is 5.94. The molecule has 0 aliphatic rings. The molecule has 3 aromatic rings. The topological polar surface area (TPSA) is 86.1 Å². The largest absolute Gasteiger partial charge is 0.451 e. The number of aryl methyl sites for hydroxylation is 2. The van der Waals surface area contributed by atoms with Crippen LogP contribution in [0.2, 0.25) is 0 Å². The zero-order valence-corrected chi connectivity index (χ0v) is 15.2. The Balaban J connectivity index is 1.60. The number of anilines is 1. The first-order chi connectivity index (χ1) is 13.1. The van der Waals surface area contributed by atoms with Crippen LogP contribution in [-0.2, 0) is 16.0 Å². The Morgan fingerprint density at radius 1 is 1.07 bits per heavy atom. The molecule has 0 saturated carbocycles. The van der Waals surface area contributed by atoms with Crippen molar-refractivity contribution in [3.05, 3.63) is 71.5 Å². The minimum atomic E-state index is -0.688. The van der Waals surface area contributed by atoms with Crippen LogP contribution in [0.25, 0.3) is 5.69 Å². The van der Waals surface area contributed by atoms with Gasteiger partial charge in [-0.3, -0.25) is 4.79 Å². The number of carbonyl (C=O) groups is 2. The Kier molecular flexibility index (Phi) is 5.61. The minimum absolute atomic E-state index is 0.0830.